The van der Waals surface area contributed by atoms with Crippen LogP contribution in [0.5, 0.6) is 0 Å². The summed E-state index contributed by atoms with van der Waals surface area (Å²) in [5, 5.41) is 5.98. The summed E-state index contributed by atoms with van der Waals surface area (Å²) in [6.45, 7) is 2.21. The Bertz CT molecular complexity index is 489. The Morgan fingerprint density at radius 1 is 1.12 bits per heavy atom. The fraction of sp³-hybridized carbons (Fsp3) is 0.286. The topological polar surface area (TPSA) is 12.0 Å². The van der Waals surface area contributed by atoms with Gasteiger partial charge >= 0.3 is 0 Å². The number of fused-ring (bicyclic) bond motifs is 1. The van der Waals surface area contributed by atoms with Crippen LogP contribution in [0.1, 0.15) is 24.9 Å². The molecule has 16 heavy (non-hydrogen) atoms. The zero-order valence-corrected chi connectivity index (χ0v) is 11.2. The van der Waals surface area contributed by atoms with Crippen LogP contribution >= 0.6 is 15.9 Å². The summed E-state index contributed by atoms with van der Waals surface area (Å²) in [4.78, 5) is 0. The lowest BCUT2D eigenvalue weighted by molar-refractivity contribution is 0.581. The van der Waals surface area contributed by atoms with Crippen LogP contribution in [0.4, 0.5) is 0 Å². The molecule has 0 saturated carbocycles. The summed E-state index contributed by atoms with van der Waals surface area (Å²) in [5.74, 6) is 0. The van der Waals surface area contributed by atoms with Gasteiger partial charge in [0, 0.05) is 10.5 Å². The molecule has 0 bridgehead atoms. The smallest absolute Gasteiger partial charge is 0.0321 e. The molecule has 0 radical (unpaired) electrons. The maximum absolute atomic E-state index is 3.60. The third-order valence-electron chi connectivity index (χ3n) is 3.04. The van der Waals surface area contributed by atoms with Crippen molar-refractivity contribution in [2.45, 2.75) is 19.4 Å². The van der Waals surface area contributed by atoms with Crippen LogP contribution in [0.15, 0.2) is 40.9 Å². The van der Waals surface area contributed by atoms with E-state index < -0.39 is 0 Å². The first-order chi connectivity index (χ1) is 7.77. The van der Waals surface area contributed by atoms with Gasteiger partial charge in [-0.15, -0.1) is 0 Å². The van der Waals surface area contributed by atoms with Gasteiger partial charge < -0.3 is 5.32 Å². The van der Waals surface area contributed by atoms with Crippen molar-refractivity contribution in [2.75, 3.05) is 7.05 Å². The number of hydrogen-bond acceptors (Lipinski definition) is 1. The molecule has 0 saturated heterocycles. The highest BCUT2D eigenvalue weighted by Crippen LogP contribution is 2.31. The molecule has 1 atom stereocenters. The fourth-order valence-electron chi connectivity index (χ4n) is 2.17. The molecular weight excluding hydrogens is 262 g/mol. The van der Waals surface area contributed by atoms with Gasteiger partial charge in [0.2, 0.25) is 0 Å². The number of rotatable bonds is 3. The molecule has 0 aliphatic carbocycles. The van der Waals surface area contributed by atoms with Crippen LogP contribution in [0.2, 0.25) is 0 Å². The van der Waals surface area contributed by atoms with E-state index in [-0.39, 0.29) is 0 Å². The summed E-state index contributed by atoms with van der Waals surface area (Å²) in [6, 6.07) is 13.3. The summed E-state index contributed by atoms with van der Waals surface area (Å²) in [5.41, 5.74) is 1.38. The lowest BCUT2D eigenvalue weighted by Crippen LogP contribution is -2.15. The molecule has 2 aromatic carbocycles. The number of nitrogens with one attached hydrogen (secondary N) is 1. The first-order valence-corrected chi connectivity index (χ1v) is 6.41. The van der Waals surface area contributed by atoms with Crippen LogP contribution in [-0.4, -0.2) is 7.05 Å². The zero-order chi connectivity index (χ0) is 11.5. The van der Waals surface area contributed by atoms with Crippen molar-refractivity contribution in [1.82, 2.24) is 5.32 Å². The molecular formula is C14H16BrN. The van der Waals surface area contributed by atoms with Crippen molar-refractivity contribution >= 4 is 26.7 Å². The Labute approximate surface area is 105 Å². The van der Waals surface area contributed by atoms with Crippen molar-refractivity contribution in [3.8, 4) is 0 Å². The van der Waals surface area contributed by atoms with E-state index in [1.807, 2.05) is 7.05 Å². The Balaban J connectivity index is 2.66. The van der Waals surface area contributed by atoms with Gasteiger partial charge in [-0.3, -0.25) is 0 Å². The molecule has 0 heterocycles. The van der Waals surface area contributed by atoms with Gasteiger partial charge in [-0.1, -0.05) is 53.2 Å². The Hall–Kier alpha value is -0.860. The maximum atomic E-state index is 3.60. The number of hydrogen-bond donors (Lipinski definition) is 1. The van der Waals surface area contributed by atoms with Crippen molar-refractivity contribution in [3.05, 3.63) is 46.4 Å². The van der Waals surface area contributed by atoms with Gasteiger partial charge in [0.1, 0.15) is 0 Å². The van der Waals surface area contributed by atoms with Crippen molar-refractivity contribution in [2.24, 2.45) is 0 Å². The van der Waals surface area contributed by atoms with Crippen LogP contribution < -0.4 is 5.32 Å². The predicted octanol–water partition coefficient (Wildman–Crippen LogP) is 4.27. The summed E-state index contributed by atoms with van der Waals surface area (Å²) >= 11 is 3.60. The van der Waals surface area contributed by atoms with E-state index in [2.05, 4.69) is 64.6 Å². The maximum Gasteiger partial charge on any atom is 0.0321 e. The molecule has 2 aromatic rings. The molecule has 0 aliphatic heterocycles. The Kier molecular flexibility index (Phi) is 3.62. The molecule has 0 fully saturated rings. The molecule has 0 aliphatic rings. The fourth-order valence-corrected chi connectivity index (χ4v) is 2.65. The van der Waals surface area contributed by atoms with Crippen LogP contribution in [0.25, 0.3) is 10.8 Å². The van der Waals surface area contributed by atoms with Crippen LogP contribution in [0.3, 0.4) is 0 Å². The molecule has 84 valence electrons. The Morgan fingerprint density at radius 3 is 2.44 bits per heavy atom. The average molecular weight is 278 g/mol. The van der Waals surface area contributed by atoms with E-state index >= 15 is 0 Å². The number of benzene rings is 2. The van der Waals surface area contributed by atoms with Crippen LogP contribution in [0, 0.1) is 0 Å². The number of halogens is 1. The van der Waals surface area contributed by atoms with Crippen molar-refractivity contribution in [1.29, 1.82) is 0 Å². The molecule has 0 aromatic heterocycles. The van der Waals surface area contributed by atoms with Crippen molar-refractivity contribution < 1.29 is 0 Å². The first kappa shape index (κ1) is 11.6. The van der Waals surface area contributed by atoms with E-state index in [0.717, 1.165) is 10.9 Å². The third-order valence-corrected chi connectivity index (χ3v) is 3.73. The lowest BCUT2D eigenvalue weighted by atomic mass is 9.97. The Morgan fingerprint density at radius 2 is 1.81 bits per heavy atom. The molecule has 0 spiro atoms. The van der Waals surface area contributed by atoms with Gasteiger partial charge in [-0.05, 0) is 35.9 Å². The standard InChI is InChI=1S/C14H16BrN/c1-3-14(16-2)12-8-9-13(15)11-7-5-4-6-10(11)12/h4-9,14,16H,3H2,1-2H3. The molecule has 0 amide bonds. The summed E-state index contributed by atoms with van der Waals surface area (Å²) < 4.78 is 1.16. The minimum absolute atomic E-state index is 0.429. The molecule has 1 nitrogen and oxygen atoms in total. The van der Waals surface area contributed by atoms with Gasteiger partial charge in [0.15, 0.2) is 0 Å². The average Bonchev–Trinajstić information content (AvgIpc) is 2.34. The van der Waals surface area contributed by atoms with Crippen molar-refractivity contribution in [3.63, 3.8) is 0 Å². The summed E-state index contributed by atoms with van der Waals surface area (Å²) in [6.07, 6.45) is 1.10. The van der Waals surface area contributed by atoms with E-state index in [1.54, 1.807) is 0 Å². The minimum atomic E-state index is 0.429. The molecule has 2 rings (SSSR count). The normalized spacial score (nSPS) is 12.9. The minimum Gasteiger partial charge on any atom is -0.313 e. The molecule has 1 unspecified atom stereocenters. The van der Waals surface area contributed by atoms with Gasteiger partial charge in [0.25, 0.3) is 0 Å². The highest BCUT2D eigenvalue weighted by Gasteiger charge is 2.11. The van der Waals surface area contributed by atoms with E-state index in [9.17, 15) is 0 Å². The highest BCUT2D eigenvalue weighted by atomic mass is 79.9. The summed E-state index contributed by atoms with van der Waals surface area (Å²) in [7, 11) is 2.02. The highest BCUT2D eigenvalue weighted by molar-refractivity contribution is 9.10. The largest absolute Gasteiger partial charge is 0.313 e. The van der Waals surface area contributed by atoms with Gasteiger partial charge in [0.05, 0.1) is 0 Å². The second kappa shape index (κ2) is 4.98. The predicted molar refractivity (Wildman–Crippen MR) is 73.7 cm³/mol. The quantitative estimate of drug-likeness (QED) is 0.884. The van der Waals surface area contributed by atoms with Crippen LogP contribution in [-0.2, 0) is 0 Å². The van der Waals surface area contributed by atoms with Gasteiger partial charge in [-0.2, -0.15) is 0 Å². The van der Waals surface area contributed by atoms with E-state index in [1.165, 1.54) is 16.3 Å². The van der Waals surface area contributed by atoms with E-state index in [0.29, 0.717) is 6.04 Å². The third kappa shape index (κ3) is 2.00. The lowest BCUT2D eigenvalue weighted by Gasteiger charge is -2.17. The molecule has 2 heteroatoms. The SMILES string of the molecule is CCC(NC)c1ccc(Br)c2ccccc12. The second-order valence-electron chi connectivity index (χ2n) is 3.93. The monoisotopic (exact) mass is 277 g/mol. The first-order valence-electron chi connectivity index (χ1n) is 5.62. The van der Waals surface area contributed by atoms with E-state index in [4.69, 9.17) is 0 Å². The zero-order valence-electron chi connectivity index (χ0n) is 9.63. The second-order valence-corrected chi connectivity index (χ2v) is 4.79. The molecule has 1 N–H and O–H groups in total. The van der Waals surface area contributed by atoms with Gasteiger partial charge in [-0.25, -0.2) is 0 Å².